The predicted octanol–water partition coefficient (Wildman–Crippen LogP) is 2.83. The van der Waals surface area contributed by atoms with Crippen LogP contribution in [0, 0.1) is 11.8 Å². The molecule has 0 saturated heterocycles. The van der Waals surface area contributed by atoms with E-state index < -0.39 is 0 Å². The quantitative estimate of drug-likeness (QED) is 0.436. The third-order valence-electron chi connectivity index (χ3n) is 4.96. The summed E-state index contributed by atoms with van der Waals surface area (Å²) in [5, 5.41) is 14.7. The Morgan fingerprint density at radius 3 is 2.50 bits per heavy atom. The van der Waals surface area contributed by atoms with Crippen molar-refractivity contribution in [1.82, 2.24) is 25.4 Å². The minimum absolute atomic E-state index is 0.579. The van der Waals surface area contributed by atoms with E-state index in [1.807, 2.05) is 4.57 Å². The summed E-state index contributed by atoms with van der Waals surface area (Å²) in [4.78, 5) is 4.73. The van der Waals surface area contributed by atoms with E-state index in [4.69, 9.17) is 4.99 Å². The van der Waals surface area contributed by atoms with Gasteiger partial charge in [0.15, 0.2) is 5.96 Å². The van der Waals surface area contributed by atoms with Crippen molar-refractivity contribution in [2.24, 2.45) is 16.8 Å². The van der Waals surface area contributed by atoms with Gasteiger partial charge in [-0.25, -0.2) is 0 Å². The molecule has 6 nitrogen and oxygen atoms in total. The molecule has 0 aromatic carbocycles. The highest BCUT2D eigenvalue weighted by Crippen LogP contribution is 2.29. The van der Waals surface area contributed by atoms with Crippen molar-refractivity contribution in [2.75, 3.05) is 13.1 Å². The highest BCUT2D eigenvalue weighted by molar-refractivity contribution is 5.80. The summed E-state index contributed by atoms with van der Waals surface area (Å²) in [6.07, 6.45) is 10.9. The average Bonchev–Trinajstić information content (AvgIpc) is 3.08. The number of nitrogens with one attached hydrogen (secondary N) is 2. The van der Waals surface area contributed by atoms with Gasteiger partial charge in [-0.1, -0.05) is 13.8 Å². The maximum absolute atomic E-state index is 4.73. The van der Waals surface area contributed by atoms with E-state index in [1.54, 1.807) is 12.7 Å². The lowest BCUT2D eigenvalue weighted by Crippen LogP contribution is -2.45. The van der Waals surface area contributed by atoms with Gasteiger partial charge in [-0.15, -0.1) is 10.2 Å². The molecule has 136 valence electrons. The Hall–Kier alpha value is -1.59. The van der Waals surface area contributed by atoms with E-state index in [1.165, 1.54) is 25.7 Å². The molecule has 1 aromatic heterocycles. The number of aromatic nitrogens is 3. The number of hydrogen-bond donors (Lipinski definition) is 2. The molecule has 1 aliphatic rings. The fraction of sp³-hybridized carbons (Fsp3) is 0.833. The first kappa shape index (κ1) is 18.7. The Balaban J connectivity index is 1.68. The summed E-state index contributed by atoms with van der Waals surface area (Å²) < 4.78 is 2.01. The Kier molecular flexibility index (Phi) is 8.05. The van der Waals surface area contributed by atoms with Crippen molar-refractivity contribution < 1.29 is 0 Å². The first-order valence-corrected chi connectivity index (χ1v) is 9.56. The van der Waals surface area contributed by atoms with Gasteiger partial charge in [0, 0.05) is 25.7 Å². The van der Waals surface area contributed by atoms with Crippen LogP contribution in [0.3, 0.4) is 0 Å². The minimum Gasteiger partial charge on any atom is -0.357 e. The van der Waals surface area contributed by atoms with E-state index in [0.717, 1.165) is 50.3 Å². The molecule has 24 heavy (non-hydrogen) atoms. The smallest absolute Gasteiger partial charge is 0.191 e. The lowest BCUT2D eigenvalue weighted by Gasteiger charge is -2.32. The number of aliphatic imine (C=N–C) groups is 1. The molecular formula is C18H34N6. The van der Waals surface area contributed by atoms with Gasteiger partial charge in [-0.05, 0) is 57.3 Å². The summed E-state index contributed by atoms with van der Waals surface area (Å²) in [6.45, 7) is 9.56. The zero-order valence-electron chi connectivity index (χ0n) is 15.5. The van der Waals surface area contributed by atoms with Crippen LogP contribution in [0.5, 0.6) is 0 Å². The summed E-state index contributed by atoms with van der Waals surface area (Å²) in [7, 11) is 0. The zero-order valence-corrected chi connectivity index (χ0v) is 15.5. The molecule has 0 amide bonds. The second-order valence-corrected chi connectivity index (χ2v) is 7.17. The summed E-state index contributed by atoms with van der Waals surface area (Å²) in [5.74, 6) is 2.70. The Morgan fingerprint density at radius 2 is 1.88 bits per heavy atom. The van der Waals surface area contributed by atoms with Crippen LogP contribution >= 0.6 is 0 Å². The van der Waals surface area contributed by atoms with Crippen molar-refractivity contribution >= 4 is 5.96 Å². The van der Waals surface area contributed by atoms with E-state index in [9.17, 15) is 0 Å². The molecule has 0 radical (unpaired) electrons. The van der Waals surface area contributed by atoms with Gasteiger partial charge >= 0.3 is 0 Å². The van der Waals surface area contributed by atoms with Crippen LogP contribution in [0.1, 0.15) is 59.3 Å². The van der Waals surface area contributed by atoms with Crippen LogP contribution < -0.4 is 10.6 Å². The summed E-state index contributed by atoms with van der Waals surface area (Å²) in [6, 6.07) is 0.579. The lowest BCUT2D eigenvalue weighted by atomic mass is 9.80. The van der Waals surface area contributed by atoms with Gasteiger partial charge < -0.3 is 15.2 Å². The maximum atomic E-state index is 4.73. The van der Waals surface area contributed by atoms with Gasteiger partial charge in [0.05, 0.1) is 0 Å². The summed E-state index contributed by atoms with van der Waals surface area (Å²) >= 11 is 0. The topological polar surface area (TPSA) is 67.1 Å². The Labute approximate surface area is 146 Å². The second-order valence-electron chi connectivity index (χ2n) is 7.17. The van der Waals surface area contributed by atoms with Gasteiger partial charge in [-0.2, -0.15) is 0 Å². The Morgan fingerprint density at radius 1 is 1.17 bits per heavy atom. The number of unbranched alkanes of at least 4 members (excludes halogenated alkanes) is 1. The number of guanidine groups is 1. The zero-order chi connectivity index (χ0) is 17.2. The largest absolute Gasteiger partial charge is 0.357 e. The molecule has 1 heterocycles. The van der Waals surface area contributed by atoms with Gasteiger partial charge in [0.2, 0.25) is 0 Å². The van der Waals surface area contributed by atoms with E-state index in [-0.39, 0.29) is 0 Å². The molecule has 0 spiro atoms. The van der Waals surface area contributed by atoms with E-state index >= 15 is 0 Å². The van der Waals surface area contributed by atoms with Crippen molar-refractivity contribution in [1.29, 1.82) is 0 Å². The SMILES string of the molecule is CCNC(=NCCCCn1cnnc1)NC1CCC(C(C)C)CC1. The number of aryl methyl sites for hydroxylation is 1. The maximum Gasteiger partial charge on any atom is 0.191 e. The fourth-order valence-corrected chi connectivity index (χ4v) is 3.38. The van der Waals surface area contributed by atoms with Crippen molar-refractivity contribution in [3.05, 3.63) is 12.7 Å². The molecule has 6 heteroatoms. The molecule has 0 bridgehead atoms. The molecular weight excluding hydrogens is 300 g/mol. The molecule has 0 aliphatic heterocycles. The highest BCUT2D eigenvalue weighted by Gasteiger charge is 2.23. The highest BCUT2D eigenvalue weighted by atomic mass is 15.2. The molecule has 0 unspecified atom stereocenters. The van der Waals surface area contributed by atoms with Crippen LogP contribution in [-0.2, 0) is 6.54 Å². The van der Waals surface area contributed by atoms with E-state index in [2.05, 4.69) is 41.6 Å². The van der Waals surface area contributed by atoms with Crippen LogP contribution in [0.25, 0.3) is 0 Å². The van der Waals surface area contributed by atoms with Crippen molar-refractivity contribution in [3.8, 4) is 0 Å². The van der Waals surface area contributed by atoms with Gasteiger partial charge in [0.25, 0.3) is 0 Å². The first-order valence-electron chi connectivity index (χ1n) is 9.56. The minimum atomic E-state index is 0.579. The number of nitrogens with zero attached hydrogens (tertiary/aromatic N) is 4. The van der Waals surface area contributed by atoms with Crippen molar-refractivity contribution in [3.63, 3.8) is 0 Å². The molecule has 1 aromatic rings. The van der Waals surface area contributed by atoms with Crippen LogP contribution in [0.2, 0.25) is 0 Å². The molecule has 1 fully saturated rings. The van der Waals surface area contributed by atoms with Crippen LogP contribution in [0.4, 0.5) is 0 Å². The monoisotopic (exact) mass is 334 g/mol. The number of hydrogen-bond acceptors (Lipinski definition) is 3. The van der Waals surface area contributed by atoms with E-state index in [0.29, 0.717) is 6.04 Å². The molecule has 1 aliphatic carbocycles. The summed E-state index contributed by atoms with van der Waals surface area (Å²) in [5.41, 5.74) is 0. The standard InChI is InChI=1S/C18H34N6/c1-4-19-18(20-11-5-6-12-24-13-21-22-14-24)23-17-9-7-16(8-10-17)15(2)3/h13-17H,4-12H2,1-3H3,(H2,19,20,23). The first-order chi connectivity index (χ1) is 11.7. The van der Waals surface area contributed by atoms with Gasteiger partial charge in [0.1, 0.15) is 12.7 Å². The third-order valence-corrected chi connectivity index (χ3v) is 4.96. The lowest BCUT2D eigenvalue weighted by molar-refractivity contribution is 0.250. The van der Waals surface area contributed by atoms with Crippen LogP contribution in [-0.4, -0.2) is 39.9 Å². The molecule has 1 saturated carbocycles. The number of rotatable bonds is 8. The average molecular weight is 335 g/mol. The third kappa shape index (κ3) is 6.49. The van der Waals surface area contributed by atoms with Gasteiger partial charge in [-0.3, -0.25) is 4.99 Å². The normalized spacial score (nSPS) is 21.9. The fourth-order valence-electron chi connectivity index (χ4n) is 3.38. The predicted molar refractivity (Wildman–Crippen MR) is 99.0 cm³/mol. The molecule has 2 N–H and O–H groups in total. The second kappa shape index (κ2) is 10.3. The van der Waals surface area contributed by atoms with Crippen LogP contribution in [0.15, 0.2) is 17.6 Å². The van der Waals surface area contributed by atoms with Crippen molar-refractivity contribution in [2.45, 2.75) is 71.9 Å². The molecule has 2 rings (SSSR count). The molecule has 0 atom stereocenters. The Bertz CT molecular complexity index is 460.